The Balaban J connectivity index is 1.76. The summed E-state index contributed by atoms with van der Waals surface area (Å²) >= 11 is 0. The van der Waals surface area contributed by atoms with Crippen LogP contribution in [-0.4, -0.2) is 64.1 Å². The predicted octanol–water partition coefficient (Wildman–Crippen LogP) is 0.955. The third kappa shape index (κ3) is 2.71. The van der Waals surface area contributed by atoms with Crippen LogP contribution in [0.25, 0.3) is 5.65 Å². The molecule has 1 aliphatic rings. The Morgan fingerprint density at radius 3 is 2.76 bits per heavy atom. The highest BCUT2D eigenvalue weighted by molar-refractivity contribution is 5.44. The third-order valence-electron chi connectivity index (χ3n) is 4.39. The Morgan fingerprint density at radius 2 is 2.05 bits per heavy atom. The SMILES string of the molecule is Cc1nnc2ccc(NCC3(N(C)C)CCOCC3)nn12. The number of anilines is 1. The van der Waals surface area contributed by atoms with E-state index in [4.69, 9.17) is 4.74 Å². The van der Waals surface area contributed by atoms with E-state index in [0.717, 1.165) is 49.9 Å². The maximum Gasteiger partial charge on any atom is 0.178 e. The smallest absolute Gasteiger partial charge is 0.178 e. The molecule has 7 nitrogen and oxygen atoms in total. The largest absolute Gasteiger partial charge is 0.381 e. The van der Waals surface area contributed by atoms with Crippen LogP contribution < -0.4 is 5.32 Å². The molecule has 1 fully saturated rings. The summed E-state index contributed by atoms with van der Waals surface area (Å²) in [5, 5.41) is 16.1. The van der Waals surface area contributed by atoms with Crippen LogP contribution in [0.3, 0.4) is 0 Å². The lowest BCUT2D eigenvalue weighted by molar-refractivity contribution is -0.000672. The van der Waals surface area contributed by atoms with Gasteiger partial charge in [0.15, 0.2) is 11.5 Å². The highest BCUT2D eigenvalue weighted by atomic mass is 16.5. The van der Waals surface area contributed by atoms with Crippen LogP contribution in [0.2, 0.25) is 0 Å². The summed E-state index contributed by atoms with van der Waals surface area (Å²) < 4.78 is 7.26. The predicted molar refractivity (Wildman–Crippen MR) is 80.5 cm³/mol. The second-order valence-electron chi connectivity index (χ2n) is 5.82. The van der Waals surface area contributed by atoms with E-state index in [1.165, 1.54) is 0 Å². The summed E-state index contributed by atoms with van der Waals surface area (Å²) in [4.78, 5) is 2.30. The van der Waals surface area contributed by atoms with Gasteiger partial charge in [-0.15, -0.1) is 15.3 Å². The molecule has 0 bridgehead atoms. The first kappa shape index (κ1) is 14.2. The zero-order chi connectivity index (χ0) is 14.9. The number of hydrogen-bond donors (Lipinski definition) is 1. The van der Waals surface area contributed by atoms with E-state index < -0.39 is 0 Å². The Hall–Kier alpha value is -1.73. The van der Waals surface area contributed by atoms with Gasteiger partial charge >= 0.3 is 0 Å². The van der Waals surface area contributed by atoms with Gasteiger partial charge in [0.05, 0.1) is 0 Å². The van der Waals surface area contributed by atoms with Gasteiger partial charge in [-0.05, 0) is 46.0 Å². The summed E-state index contributed by atoms with van der Waals surface area (Å²) in [6.07, 6.45) is 2.06. The summed E-state index contributed by atoms with van der Waals surface area (Å²) in [6.45, 7) is 4.38. The van der Waals surface area contributed by atoms with Crippen LogP contribution in [0.15, 0.2) is 12.1 Å². The fourth-order valence-corrected chi connectivity index (χ4v) is 2.78. The lowest BCUT2D eigenvalue weighted by Crippen LogP contribution is -2.53. The molecule has 3 rings (SSSR count). The number of aryl methyl sites for hydroxylation is 1. The van der Waals surface area contributed by atoms with Crippen molar-refractivity contribution < 1.29 is 4.74 Å². The van der Waals surface area contributed by atoms with Crippen LogP contribution in [0.1, 0.15) is 18.7 Å². The molecule has 2 aromatic heterocycles. The highest BCUT2D eigenvalue weighted by Crippen LogP contribution is 2.26. The van der Waals surface area contributed by atoms with E-state index in [2.05, 4.69) is 39.6 Å². The molecular formula is C14H22N6O. The minimum absolute atomic E-state index is 0.122. The molecule has 0 unspecified atom stereocenters. The Kier molecular flexibility index (Phi) is 3.77. The fraction of sp³-hybridized carbons (Fsp3) is 0.643. The van der Waals surface area contributed by atoms with Gasteiger partial charge in [0.1, 0.15) is 5.82 Å². The molecule has 7 heteroatoms. The van der Waals surface area contributed by atoms with Crippen LogP contribution in [0, 0.1) is 6.92 Å². The topological polar surface area (TPSA) is 67.6 Å². The normalized spacial score (nSPS) is 18.3. The molecule has 1 saturated heterocycles. The first-order valence-electron chi connectivity index (χ1n) is 7.29. The van der Waals surface area contributed by atoms with Crippen molar-refractivity contribution in [2.75, 3.05) is 39.2 Å². The summed E-state index contributed by atoms with van der Waals surface area (Å²) in [5.41, 5.74) is 0.892. The van der Waals surface area contributed by atoms with E-state index in [1.807, 2.05) is 19.1 Å². The molecule has 0 atom stereocenters. The quantitative estimate of drug-likeness (QED) is 0.904. The number of nitrogens with one attached hydrogen (secondary N) is 1. The molecule has 1 N–H and O–H groups in total. The second-order valence-corrected chi connectivity index (χ2v) is 5.82. The maximum atomic E-state index is 5.50. The van der Waals surface area contributed by atoms with Crippen molar-refractivity contribution in [2.24, 2.45) is 0 Å². The lowest BCUT2D eigenvalue weighted by Gasteiger charge is -2.43. The summed E-state index contributed by atoms with van der Waals surface area (Å²) in [5.74, 6) is 1.64. The Labute approximate surface area is 124 Å². The van der Waals surface area contributed by atoms with Crippen molar-refractivity contribution in [3.8, 4) is 0 Å². The zero-order valence-corrected chi connectivity index (χ0v) is 12.8. The number of rotatable bonds is 4. The van der Waals surface area contributed by atoms with Crippen molar-refractivity contribution in [1.29, 1.82) is 0 Å². The van der Waals surface area contributed by atoms with Crippen molar-refractivity contribution in [3.63, 3.8) is 0 Å². The molecule has 21 heavy (non-hydrogen) atoms. The molecule has 0 aliphatic carbocycles. The average molecular weight is 290 g/mol. The maximum absolute atomic E-state index is 5.50. The van der Waals surface area contributed by atoms with Gasteiger partial charge in [0.25, 0.3) is 0 Å². The van der Waals surface area contributed by atoms with Crippen LogP contribution in [0.5, 0.6) is 0 Å². The number of fused-ring (bicyclic) bond motifs is 1. The summed E-state index contributed by atoms with van der Waals surface area (Å²) in [7, 11) is 4.26. The minimum atomic E-state index is 0.122. The first-order valence-corrected chi connectivity index (χ1v) is 7.29. The van der Waals surface area contributed by atoms with E-state index >= 15 is 0 Å². The molecule has 1 aliphatic heterocycles. The van der Waals surface area contributed by atoms with E-state index in [9.17, 15) is 0 Å². The Bertz CT molecular complexity index is 617. The third-order valence-corrected chi connectivity index (χ3v) is 4.39. The molecule has 0 spiro atoms. The molecule has 0 aromatic carbocycles. The monoisotopic (exact) mass is 290 g/mol. The molecule has 0 saturated carbocycles. The van der Waals surface area contributed by atoms with Crippen LogP contribution in [-0.2, 0) is 4.74 Å². The van der Waals surface area contributed by atoms with Crippen LogP contribution in [0.4, 0.5) is 5.82 Å². The number of aromatic nitrogens is 4. The van der Waals surface area contributed by atoms with Gasteiger partial charge in [0.2, 0.25) is 0 Å². The van der Waals surface area contributed by atoms with Gasteiger partial charge in [-0.25, -0.2) is 0 Å². The average Bonchev–Trinajstić information content (AvgIpc) is 2.87. The van der Waals surface area contributed by atoms with Crippen molar-refractivity contribution in [1.82, 2.24) is 24.7 Å². The number of ether oxygens (including phenoxy) is 1. The standard InChI is InChI=1S/C14H22N6O/c1-11-16-17-13-5-4-12(18-20(11)13)15-10-14(19(2)3)6-8-21-9-7-14/h4-5H,6-10H2,1-3H3,(H,15,18). The van der Waals surface area contributed by atoms with E-state index in [1.54, 1.807) is 4.52 Å². The number of hydrogen-bond acceptors (Lipinski definition) is 6. The number of likely N-dealkylation sites (N-methyl/N-ethyl adjacent to an activating group) is 1. The molecule has 114 valence electrons. The van der Waals surface area contributed by atoms with Gasteiger partial charge in [-0.3, -0.25) is 0 Å². The highest BCUT2D eigenvalue weighted by Gasteiger charge is 2.34. The Morgan fingerprint density at radius 1 is 1.29 bits per heavy atom. The number of nitrogens with zero attached hydrogens (tertiary/aromatic N) is 5. The van der Waals surface area contributed by atoms with Gasteiger partial charge in [0, 0.05) is 25.3 Å². The zero-order valence-electron chi connectivity index (χ0n) is 12.8. The molecule has 2 aromatic rings. The summed E-state index contributed by atoms with van der Waals surface area (Å²) in [6, 6.07) is 3.88. The van der Waals surface area contributed by atoms with Gasteiger partial charge in [-0.2, -0.15) is 4.52 Å². The molecular weight excluding hydrogens is 268 g/mol. The molecule has 0 amide bonds. The lowest BCUT2D eigenvalue weighted by atomic mass is 9.88. The first-order chi connectivity index (χ1) is 10.1. The second kappa shape index (κ2) is 5.57. The van der Waals surface area contributed by atoms with Crippen LogP contribution >= 0.6 is 0 Å². The van der Waals surface area contributed by atoms with Gasteiger partial charge < -0.3 is 15.0 Å². The van der Waals surface area contributed by atoms with Gasteiger partial charge in [-0.1, -0.05) is 0 Å². The van der Waals surface area contributed by atoms with Crippen molar-refractivity contribution >= 4 is 11.5 Å². The molecule has 0 radical (unpaired) electrons. The van der Waals surface area contributed by atoms with Crippen molar-refractivity contribution in [2.45, 2.75) is 25.3 Å². The molecule has 3 heterocycles. The van der Waals surface area contributed by atoms with Crippen molar-refractivity contribution in [3.05, 3.63) is 18.0 Å². The minimum Gasteiger partial charge on any atom is -0.381 e. The van der Waals surface area contributed by atoms with E-state index in [-0.39, 0.29) is 5.54 Å². The van der Waals surface area contributed by atoms with E-state index in [0.29, 0.717) is 0 Å². The fourth-order valence-electron chi connectivity index (χ4n) is 2.78.